The van der Waals surface area contributed by atoms with Crippen LogP contribution < -0.4 is 4.74 Å². The van der Waals surface area contributed by atoms with E-state index < -0.39 is 20.8 Å². The van der Waals surface area contributed by atoms with Crippen LogP contribution in [-0.4, -0.2) is 18.4 Å². The van der Waals surface area contributed by atoms with Crippen LogP contribution in [0, 0.1) is 0 Å². The number of hydrogen-bond acceptors (Lipinski definition) is 3. The van der Waals surface area contributed by atoms with E-state index in [1.54, 1.807) is 19.4 Å². The molecule has 0 aliphatic carbocycles. The first-order chi connectivity index (χ1) is 11.3. The number of methoxy groups -OCH3 is 1. The number of nitrogens with zero attached hydrogens (tertiary/aromatic N) is 1. The van der Waals surface area contributed by atoms with Gasteiger partial charge in [-0.2, -0.15) is 0 Å². The Morgan fingerprint density at radius 3 is 2.21 bits per heavy atom. The molecular formula is C18H21Cl2NO2Zr. The molecule has 0 saturated carbocycles. The van der Waals surface area contributed by atoms with Gasteiger partial charge in [0, 0.05) is 17.3 Å². The maximum absolute atomic E-state index is 10.5. The van der Waals surface area contributed by atoms with E-state index in [1.807, 2.05) is 36.4 Å². The molecule has 0 fully saturated rings. The quantitative estimate of drug-likeness (QED) is 0.605. The molecule has 3 nitrogen and oxygen atoms in total. The zero-order valence-corrected chi connectivity index (χ0v) is 18.1. The number of ether oxygens (including phenoxy) is 1. The summed E-state index contributed by atoms with van der Waals surface area (Å²) in [5, 5.41) is 10.5. The Kier molecular flexibility index (Phi) is 9.04. The third-order valence-corrected chi connectivity index (χ3v) is 3.27. The van der Waals surface area contributed by atoms with Gasteiger partial charge in [0.2, 0.25) is 0 Å². The van der Waals surface area contributed by atoms with E-state index in [0.717, 1.165) is 11.3 Å². The second kappa shape index (κ2) is 10.2. The van der Waals surface area contributed by atoms with Crippen LogP contribution in [0.4, 0.5) is 5.69 Å². The summed E-state index contributed by atoms with van der Waals surface area (Å²) in [5.74, 6) is 0.968. The van der Waals surface area contributed by atoms with Crippen LogP contribution in [0.5, 0.6) is 11.5 Å². The van der Waals surface area contributed by atoms with E-state index in [1.165, 1.54) is 0 Å². The van der Waals surface area contributed by atoms with Gasteiger partial charge in [-0.05, 0) is 29.7 Å². The summed E-state index contributed by atoms with van der Waals surface area (Å²) in [6, 6.07) is 13.3. The molecule has 6 heteroatoms. The molecule has 2 rings (SSSR count). The number of phenols is 1. The predicted octanol–water partition coefficient (Wildman–Crippen LogP) is 5.83. The van der Waals surface area contributed by atoms with Crippen LogP contribution in [-0.2, 0) is 26.3 Å². The molecule has 0 amide bonds. The summed E-state index contributed by atoms with van der Waals surface area (Å²) in [6.07, 6.45) is 1.67. The van der Waals surface area contributed by atoms with Crippen LogP contribution in [0.2, 0.25) is 0 Å². The van der Waals surface area contributed by atoms with Gasteiger partial charge < -0.3 is 9.84 Å². The molecule has 0 aromatic heterocycles. The van der Waals surface area contributed by atoms with Gasteiger partial charge in [0.15, 0.2) is 0 Å². The Labute approximate surface area is 162 Å². The molecule has 0 unspecified atom stereocenters. The fourth-order valence-electron chi connectivity index (χ4n) is 2.08. The third kappa shape index (κ3) is 6.59. The van der Waals surface area contributed by atoms with Crippen LogP contribution in [0.25, 0.3) is 0 Å². The van der Waals surface area contributed by atoms with Gasteiger partial charge in [-0.15, -0.1) is 0 Å². The van der Waals surface area contributed by atoms with Crippen molar-refractivity contribution in [3.05, 3.63) is 53.6 Å². The van der Waals surface area contributed by atoms with Crippen molar-refractivity contribution in [2.24, 2.45) is 4.99 Å². The fourth-order valence-corrected chi connectivity index (χ4v) is 2.08. The molecule has 24 heavy (non-hydrogen) atoms. The standard InChI is InChI=1S/C18H21NO2.2ClH.Zr/c1-18(2,3)16-11-15(21-4)10-13(17(16)20)12-19-14-8-6-5-7-9-14;;;/h5-12,20H,1-4H3;2*1H;/q;;;+2/p-2. The molecule has 0 aliphatic rings. The molecular weight excluding hydrogens is 424 g/mol. The van der Waals surface area contributed by atoms with Gasteiger partial charge in [-0.25, -0.2) is 0 Å². The number of aliphatic imine (C=N–C) groups is 1. The average molecular weight is 446 g/mol. The first kappa shape index (κ1) is 21.2. The van der Waals surface area contributed by atoms with E-state index in [4.69, 9.17) is 21.8 Å². The normalized spacial score (nSPS) is 10.9. The number of rotatable bonds is 3. The predicted molar refractivity (Wildman–Crippen MR) is 98.8 cm³/mol. The zero-order chi connectivity index (χ0) is 18.2. The van der Waals surface area contributed by atoms with Crippen LogP contribution >= 0.6 is 17.0 Å². The van der Waals surface area contributed by atoms with Crippen LogP contribution in [0.1, 0.15) is 31.9 Å². The Morgan fingerprint density at radius 2 is 1.71 bits per heavy atom. The number of benzene rings is 2. The fraction of sp³-hybridized carbons (Fsp3) is 0.278. The van der Waals surface area contributed by atoms with Crippen molar-refractivity contribution in [1.29, 1.82) is 0 Å². The Balaban J connectivity index is 0.000000891. The van der Waals surface area contributed by atoms with Crippen molar-refractivity contribution in [1.82, 2.24) is 0 Å². The topological polar surface area (TPSA) is 41.8 Å². The molecule has 0 bridgehead atoms. The molecule has 2 aromatic carbocycles. The molecule has 1 N–H and O–H groups in total. The van der Waals surface area contributed by atoms with Crippen molar-refractivity contribution in [2.45, 2.75) is 26.2 Å². The zero-order valence-electron chi connectivity index (χ0n) is 14.2. The van der Waals surface area contributed by atoms with Gasteiger partial charge in [0.05, 0.1) is 12.8 Å². The molecule has 2 aromatic rings. The van der Waals surface area contributed by atoms with E-state index in [9.17, 15) is 5.11 Å². The van der Waals surface area contributed by atoms with Gasteiger partial charge in [0.1, 0.15) is 11.5 Å². The second-order valence-electron chi connectivity index (χ2n) is 6.03. The maximum atomic E-state index is 10.5. The summed E-state index contributed by atoms with van der Waals surface area (Å²) in [4.78, 5) is 4.40. The van der Waals surface area contributed by atoms with Gasteiger partial charge in [-0.3, -0.25) is 4.99 Å². The molecule has 0 radical (unpaired) electrons. The molecule has 0 spiro atoms. The van der Waals surface area contributed by atoms with Crippen molar-refractivity contribution in [2.75, 3.05) is 7.11 Å². The van der Waals surface area contributed by atoms with E-state index in [-0.39, 0.29) is 11.2 Å². The Hall–Kier alpha value is -0.827. The van der Waals surface area contributed by atoms with Crippen molar-refractivity contribution >= 4 is 28.9 Å². The third-order valence-electron chi connectivity index (χ3n) is 3.27. The number of hydrogen-bond donors (Lipinski definition) is 1. The minimum atomic E-state index is -0.826. The number of aromatic hydroxyl groups is 1. The van der Waals surface area contributed by atoms with Crippen LogP contribution in [0.3, 0.4) is 0 Å². The Bertz CT molecular complexity index is 671. The summed E-state index contributed by atoms with van der Waals surface area (Å²) in [5.41, 5.74) is 2.17. The molecule has 0 heterocycles. The summed E-state index contributed by atoms with van der Waals surface area (Å²) in [7, 11) is 11.5. The van der Waals surface area contributed by atoms with Gasteiger partial charge in [-0.1, -0.05) is 39.0 Å². The first-order valence-corrected chi connectivity index (χ1v) is 13.6. The van der Waals surface area contributed by atoms with E-state index in [0.29, 0.717) is 11.3 Å². The first-order valence-electron chi connectivity index (χ1n) is 7.30. The molecule has 0 atom stereocenters. The number of para-hydroxylation sites is 1. The van der Waals surface area contributed by atoms with E-state index >= 15 is 0 Å². The number of phenolic OH excluding ortho intramolecular Hbond substituents is 1. The second-order valence-corrected chi connectivity index (χ2v) is 9.76. The van der Waals surface area contributed by atoms with Crippen molar-refractivity contribution in [3.63, 3.8) is 0 Å². The average Bonchev–Trinajstić information content (AvgIpc) is 2.54. The summed E-state index contributed by atoms with van der Waals surface area (Å²) < 4.78 is 5.32. The summed E-state index contributed by atoms with van der Waals surface area (Å²) in [6.45, 7) is 6.17. The Morgan fingerprint density at radius 1 is 1.12 bits per heavy atom. The molecule has 128 valence electrons. The van der Waals surface area contributed by atoms with Gasteiger partial charge in [0.25, 0.3) is 0 Å². The minimum absolute atomic E-state index is 0.173. The number of halogens is 2. The van der Waals surface area contributed by atoms with Crippen LogP contribution in [0.15, 0.2) is 47.5 Å². The molecule has 0 aliphatic heterocycles. The monoisotopic (exact) mass is 443 g/mol. The van der Waals surface area contributed by atoms with E-state index in [2.05, 4.69) is 25.8 Å². The molecule has 0 saturated heterocycles. The van der Waals surface area contributed by atoms with Gasteiger partial charge >= 0.3 is 37.9 Å². The van der Waals surface area contributed by atoms with Crippen molar-refractivity contribution < 1.29 is 30.7 Å². The SMILES string of the molecule is COc1cc(C=Nc2ccccc2)c(O)c(C(C)(C)C)c1.[Cl][Zr][Cl]. The van der Waals surface area contributed by atoms with Crippen molar-refractivity contribution in [3.8, 4) is 11.5 Å². The summed E-state index contributed by atoms with van der Waals surface area (Å²) >= 11 is -0.826.